The Hall–Kier alpha value is -0.520. The van der Waals surface area contributed by atoms with Crippen LogP contribution in [0.25, 0.3) is 10.1 Å². The molecule has 1 unspecified atom stereocenters. The average Bonchev–Trinajstić information content (AvgIpc) is 3.04. The zero-order valence-electron chi connectivity index (χ0n) is 12.1. The zero-order chi connectivity index (χ0) is 15.0. The van der Waals surface area contributed by atoms with Crippen LogP contribution in [0, 0.1) is 0 Å². The molecule has 1 saturated heterocycles. The summed E-state index contributed by atoms with van der Waals surface area (Å²) in [7, 11) is 1.91. The van der Waals surface area contributed by atoms with Gasteiger partial charge in [-0.15, -0.1) is 23.7 Å². The molecule has 0 aliphatic carbocycles. The summed E-state index contributed by atoms with van der Waals surface area (Å²) in [6.07, 6.45) is 2.09. The van der Waals surface area contributed by atoms with Gasteiger partial charge in [0.1, 0.15) is 4.88 Å². The van der Waals surface area contributed by atoms with E-state index >= 15 is 0 Å². The number of thiophene rings is 1. The number of nitrogens with one attached hydrogen (secondary N) is 1. The minimum atomic E-state index is 0. The third kappa shape index (κ3) is 3.22. The zero-order valence-corrected chi connectivity index (χ0v) is 15.2. The molecule has 7 heteroatoms. The van der Waals surface area contributed by atoms with Gasteiger partial charge in [0.15, 0.2) is 0 Å². The van der Waals surface area contributed by atoms with Crippen molar-refractivity contribution in [3.8, 4) is 0 Å². The van der Waals surface area contributed by atoms with Gasteiger partial charge in [-0.3, -0.25) is 4.79 Å². The van der Waals surface area contributed by atoms with Crippen LogP contribution in [-0.4, -0.2) is 37.0 Å². The Bertz CT molecular complexity index is 689. The molecule has 1 atom stereocenters. The maximum absolute atomic E-state index is 12.8. The number of carbonyl (C=O) groups is 1. The number of halogens is 3. The summed E-state index contributed by atoms with van der Waals surface area (Å²) in [5.41, 5.74) is 0. The minimum Gasteiger partial charge on any atom is -0.334 e. The first kappa shape index (κ1) is 17.8. The normalized spacial score (nSPS) is 17.8. The van der Waals surface area contributed by atoms with Gasteiger partial charge in [-0.05, 0) is 32.0 Å². The highest BCUT2D eigenvalue weighted by atomic mass is 35.5. The largest absolute Gasteiger partial charge is 0.334 e. The Morgan fingerprint density at radius 2 is 2.23 bits per heavy atom. The van der Waals surface area contributed by atoms with Gasteiger partial charge in [0.05, 0.1) is 5.02 Å². The summed E-state index contributed by atoms with van der Waals surface area (Å²) < 4.78 is 0.959. The van der Waals surface area contributed by atoms with Crippen molar-refractivity contribution in [2.75, 3.05) is 20.1 Å². The molecule has 3 nitrogen and oxygen atoms in total. The Morgan fingerprint density at radius 1 is 1.45 bits per heavy atom. The molecule has 0 spiro atoms. The Morgan fingerprint density at radius 3 is 2.95 bits per heavy atom. The lowest BCUT2D eigenvalue weighted by molar-refractivity contribution is 0.0742. The second-order valence-corrected chi connectivity index (χ2v) is 7.10. The van der Waals surface area contributed by atoms with Crippen molar-refractivity contribution in [3.05, 3.63) is 33.1 Å². The van der Waals surface area contributed by atoms with Crippen LogP contribution in [-0.2, 0) is 0 Å². The molecule has 0 radical (unpaired) electrons. The van der Waals surface area contributed by atoms with Gasteiger partial charge in [0, 0.05) is 34.2 Å². The molecular formula is C15H17Cl3N2OS. The molecule has 1 amide bonds. The second-order valence-electron chi connectivity index (χ2n) is 5.24. The van der Waals surface area contributed by atoms with Crippen molar-refractivity contribution < 1.29 is 4.79 Å². The maximum atomic E-state index is 12.8. The third-order valence-corrected chi connectivity index (χ3v) is 5.74. The van der Waals surface area contributed by atoms with Crippen molar-refractivity contribution in [1.82, 2.24) is 10.2 Å². The van der Waals surface area contributed by atoms with E-state index in [0.717, 1.165) is 36.0 Å². The van der Waals surface area contributed by atoms with Gasteiger partial charge in [0.2, 0.25) is 0 Å². The van der Waals surface area contributed by atoms with E-state index in [1.165, 1.54) is 11.3 Å². The first-order valence-electron chi connectivity index (χ1n) is 6.95. The molecule has 22 heavy (non-hydrogen) atoms. The van der Waals surface area contributed by atoms with Crippen molar-refractivity contribution in [1.29, 1.82) is 0 Å². The Labute approximate surface area is 150 Å². The molecule has 0 saturated carbocycles. The molecule has 1 aliphatic rings. The molecular weight excluding hydrogens is 363 g/mol. The van der Waals surface area contributed by atoms with Crippen LogP contribution in [0.15, 0.2) is 18.2 Å². The van der Waals surface area contributed by atoms with E-state index in [2.05, 4.69) is 5.32 Å². The monoisotopic (exact) mass is 378 g/mol. The topological polar surface area (TPSA) is 32.3 Å². The molecule has 1 aromatic carbocycles. The first-order chi connectivity index (χ1) is 10.1. The van der Waals surface area contributed by atoms with Gasteiger partial charge in [-0.25, -0.2) is 0 Å². The van der Waals surface area contributed by atoms with E-state index in [9.17, 15) is 4.79 Å². The van der Waals surface area contributed by atoms with Crippen LogP contribution in [0.5, 0.6) is 0 Å². The smallest absolute Gasteiger partial charge is 0.265 e. The predicted molar refractivity (Wildman–Crippen MR) is 97.1 cm³/mol. The van der Waals surface area contributed by atoms with Gasteiger partial charge >= 0.3 is 0 Å². The molecule has 120 valence electrons. The number of rotatable bonds is 3. The molecule has 0 bridgehead atoms. The number of likely N-dealkylation sites (tertiary alicyclic amines) is 1. The van der Waals surface area contributed by atoms with Crippen molar-refractivity contribution in [2.24, 2.45) is 0 Å². The third-order valence-electron chi connectivity index (χ3n) is 3.86. The van der Waals surface area contributed by atoms with Crippen LogP contribution in [0.3, 0.4) is 0 Å². The Balaban J connectivity index is 0.00000176. The molecule has 3 rings (SSSR count). The average molecular weight is 380 g/mol. The number of carbonyl (C=O) groups excluding carboxylic acids is 1. The van der Waals surface area contributed by atoms with E-state index in [1.54, 1.807) is 6.07 Å². The predicted octanol–water partition coefficient (Wildman–Crippen LogP) is 4.45. The molecule has 1 N–H and O–H groups in total. The van der Waals surface area contributed by atoms with Crippen LogP contribution in [0.4, 0.5) is 0 Å². The number of benzene rings is 1. The number of nitrogens with zero attached hydrogens (tertiary/aromatic N) is 1. The number of amides is 1. The van der Waals surface area contributed by atoms with Crippen molar-refractivity contribution >= 4 is 62.9 Å². The Kier molecular flexibility index (Phi) is 5.97. The fourth-order valence-corrected chi connectivity index (χ4v) is 4.60. The highest BCUT2D eigenvalue weighted by Gasteiger charge is 2.31. The molecule has 1 aromatic heterocycles. The highest BCUT2D eigenvalue weighted by Crippen LogP contribution is 2.38. The summed E-state index contributed by atoms with van der Waals surface area (Å²) in [4.78, 5) is 15.4. The fraction of sp³-hybridized carbons (Fsp3) is 0.400. The number of hydrogen-bond acceptors (Lipinski definition) is 3. The van der Waals surface area contributed by atoms with Crippen molar-refractivity contribution in [3.63, 3.8) is 0 Å². The van der Waals surface area contributed by atoms with Crippen LogP contribution >= 0.6 is 46.9 Å². The number of fused-ring (bicyclic) bond motifs is 1. The highest BCUT2D eigenvalue weighted by molar-refractivity contribution is 7.21. The van der Waals surface area contributed by atoms with Gasteiger partial charge in [-0.1, -0.05) is 29.3 Å². The van der Waals surface area contributed by atoms with Crippen LogP contribution in [0.2, 0.25) is 10.0 Å². The van der Waals surface area contributed by atoms with Gasteiger partial charge in [-0.2, -0.15) is 0 Å². The van der Waals surface area contributed by atoms with Gasteiger partial charge < -0.3 is 10.2 Å². The quantitative estimate of drug-likeness (QED) is 0.854. The van der Waals surface area contributed by atoms with E-state index in [0.29, 0.717) is 14.9 Å². The van der Waals surface area contributed by atoms with E-state index in [4.69, 9.17) is 23.2 Å². The van der Waals surface area contributed by atoms with Crippen molar-refractivity contribution in [2.45, 2.75) is 18.9 Å². The van der Waals surface area contributed by atoms with Crippen LogP contribution in [0.1, 0.15) is 22.5 Å². The second kappa shape index (κ2) is 7.37. The molecule has 2 heterocycles. The molecule has 1 fully saturated rings. The van der Waals surface area contributed by atoms with Gasteiger partial charge in [0.25, 0.3) is 5.91 Å². The lowest BCUT2D eigenvalue weighted by Gasteiger charge is -2.24. The summed E-state index contributed by atoms with van der Waals surface area (Å²) >= 11 is 13.8. The fourth-order valence-electron chi connectivity index (χ4n) is 2.86. The summed E-state index contributed by atoms with van der Waals surface area (Å²) in [6, 6.07) is 5.80. The molecule has 2 aromatic rings. The maximum Gasteiger partial charge on any atom is 0.265 e. The minimum absolute atomic E-state index is 0. The SMILES string of the molecule is CNCC1CCCN1C(=O)c1sc2cc(Cl)ccc2c1Cl.Cl. The van der Waals surface area contributed by atoms with E-state index < -0.39 is 0 Å². The summed E-state index contributed by atoms with van der Waals surface area (Å²) in [5, 5.41) is 5.26. The lowest BCUT2D eigenvalue weighted by atomic mass is 10.2. The lowest BCUT2D eigenvalue weighted by Crippen LogP contribution is -2.40. The van der Waals surface area contributed by atoms with E-state index in [-0.39, 0.29) is 24.4 Å². The first-order valence-corrected chi connectivity index (χ1v) is 8.52. The summed E-state index contributed by atoms with van der Waals surface area (Å²) in [6.45, 7) is 1.62. The number of hydrogen-bond donors (Lipinski definition) is 1. The van der Waals surface area contributed by atoms with Crippen LogP contribution < -0.4 is 5.32 Å². The number of likely N-dealkylation sites (N-methyl/N-ethyl adjacent to an activating group) is 1. The molecule has 1 aliphatic heterocycles. The van der Waals surface area contributed by atoms with E-state index in [1.807, 2.05) is 24.1 Å². The summed E-state index contributed by atoms with van der Waals surface area (Å²) in [5.74, 6) is 0.0371. The standard InChI is InChI=1S/C15H16Cl2N2OS.ClH/c1-18-8-10-3-2-6-19(10)15(20)14-13(17)11-5-4-9(16)7-12(11)21-14;/h4-5,7,10,18H,2-3,6,8H2,1H3;1H.